The van der Waals surface area contributed by atoms with E-state index >= 15 is 0 Å². The number of hydrogen-bond acceptors (Lipinski definition) is 3. The average molecular weight is 292 g/mol. The second kappa shape index (κ2) is 6.95. The summed E-state index contributed by atoms with van der Waals surface area (Å²) in [6, 6.07) is 2.04. The predicted molar refractivity (Wildman–Crippen MR) is 77.6 cm³/mol. The normalized spacial score (nSPS) is 10.6. The fraction of sp³-hybridized carbons (Fsp3) is 0.538. The molecule has 1 aromatic carbocycles. The van der Waals surface area contributed by atoms with Crippen LogP contribution in [0.4, 0.5) is 5.69 Å². The van der Waals surface area contributed by atoms with Crippen LogP contribution in [0.1, 0.15) is 27.7 Å². The molecule has 1 aromatic rings. The SMILES string of the molecule is CCOc1c(Cl)cc(NC(C)C)c(OCC)c1Cl. The maximum atomic E-state index is 6.29. The van der Waals surface area contributed by atoms with E-state index < -0.39 is 0 Å². The van der Waals surface area contributed by atoms with E-state index in [1.165, 1.54) is 0 Å². The van der Waals surface area contributed by atoms with Gasteiger partial charge in [-0.25, -0.2) is 0 Å². The molecule has 0 spiro atoms. The Labute approximate surface area is 118 Å². The van der Waals surface area contributed by atoms with Crippen molar-refractivity contribution >= 4 is 28.9 Å². The Morgan fingerprint density at radius 2 is 1.67 bits per heavy atom. The van der Waals surface area contributed by atoms with Crippen molar-refractivity contribution in [2.24, 2.45) is 0 Å². The van der Waals surface area contributed by atoms with E-state index in [1.807, 2.05) is 27.7 Å². The quantitative estimate of drug-likeness (QED) is 0.830. The lowest BCUT2D eigenvalue weighted by Gasteiger charge is -2.19. The number of benzene rings is 1. The van der Waals surface area contributed by atoms with Gasteiger partial charge in [-0.2, -0.15) is 0 Å². The van der Waals surface area contributed by atoms with Crippen LogP contribution in [0.5, 0.6) is 11.5 Å². The van der Waals surface area contributed by atoms with Gasteiger partial charge >= 0.3 is 0 Å². The second-order valence-electron chi connectivity index (χ2n) is 4.04. The Morgan fingerprint density at radius 1 is 1.11 bits per heavy atom. The first-order valence-corrected chi connectivity index (χ1v) is 6.80. The maximum absolute atomic E-state index is 6.29. The molecule has 0 saturated carbocycles. The summed E-state index contributed by atoms with van der Waals surface area (Å²) in [5.74, 6) is 1.05. The Kier molecular flexibility index (Phi) is 5.89. The van der Waals surface area contributed by atoms with Crippen LogP contribution in [0.25, 0.3) is 0 Å². The number of rotatable bonds is 6. The Hall–Kier alpha value is -0.800. The first-order chi connectivity index (χ1) is 8.51. The van der Waals surface area contributed by atoms with Crippen molar-refractivity contribution in [3.63, 3.8) is 0 Å². The smallest absolute Gasteiger partial charge is 0.164 e. The molecule has 1 N–H and O–H groups in total. The van der Waals surface area contributed by atoms with E-state index in [1.54, 1.807) is 6.07 Å². The molecular formula is C13H19Cl2NO2. The van der Waals surface area contributed by atoms with E-state index in [2.05, 4.69) is 5.32 Å². The lowest BCUT2D eigenvalue weighted by Crippen LogP contribution is -2.12. The van der Waals surface area contributed by atoms with Gasteiger partial charge in [0.1, 0.15) is 5.02 Å². The lowest BCUT2D eigenvalue weighted by molar-refractivity contribution is 0.324. The van der Waals surface area contributed by atoms with Crippen molar-refractivity contribution in [3.05, 3.63) is 16.1 Å². The third-order valence-corrected chi connectivity index (χ3v) is 2.78. The number of nitrogens with one attached hydrogen (secondary N) is 1. The molecule has 18 heavy (non-hydrogen) atoms. The van der Waals surface area contributed by atoms with E-state index in [9.17, 15) is 0 Å². The van der Waals surface area contributed by atoms with E-state index in [0.717, 1.165) is 5.69 Å². The first-order valence-electron chi connectivity index (χ1n) is 6.05. The van der Waals surface area contributed by atoms with Crippen LogP contribution in [0, 0.1) is 0 Å². The monoisotopic (exact) mass is 291 g/mol. The summed E-state index contributed by atoms with van der Waals surface area (Å²) in [5, 5.41) is 4.15. The lowest BCUT2D eigenvalue weighted by atomic mass is 10.2. The predicted octanol–water partition coefficient (Wildman–Crippen LogP) is 4.61. The molecule has 0 aliphatic heterocycles. The van der Waals surface area contributed by atoms with Crippen LogP contribution in [-0.4, -0.2) is 19.3 Å². The van der Waals surface area contributed by atoms with Gasteiger partial charge in [-0.1, -0.05) is 23.2 Å². The van der Waals surface area contributed by atoms with Gasteiger partial charge in [-0.05, 0) is 33.8 Å². The number of hydrogen-bond donors (Lipinski definition) is 1. The molecule has 0 atom stereocenters. The standard InChI is InChI=1S/C13H19Cl2NO2/c1-5-17-12-9(14)7-10(16-8(3)4)13(11(12)15)18-6-2/h7-8,16H,5-6H2,1-4H3. The molecule has 0 radical (unpaired) electrons. The largest absolute Gasteiger partial charge is 0.491 e. The molecule has 3 nitrogen and oxygen atoms in total. The Balaban J connectivity index is 3.26. The molecule has 1 rings (SSSR count). The summed E-state index contributed by atoms with van der Waals surface area (Å²) in [5.41, 5.74) is 0.783. The van der Waals surface area contributed by atoms with Crippen molar-refractivity contribution in [2.45, 2.75) is 33.7 Å². The molecule has 0 aliphatic carbocycles. The number of ether oxygens (including phenoxy) is 2. The topological polar surface area (TPSA) is 30.5 Å². The van der Waals surface area contributed by atoms with Gasteiger partial charge in [0.05, 0.1) is 23.9 Å². The van der Waals surface area contributed by atoms with Gasteiger partial charge in [0.15, 0.2) is 11.5 Å². The minimum Gasteiger partial charge on any atom is -0.491 e. The van der Waals surface area contributed by atoms with Crippen molar-refractivity contribution in [3.8, 4) is 11.5 Å². The molecule has 0 heterocycles. The molecule has 5 heteroatoms. The van der Waals surface area contributed by atoms with E-state index in [4.69, 9.17) is 32.7 Å². The summed E-state index contributed by atoms with van der Waals surface area (Å²) in [6.45, 7) is 8.89. The van der Waals surface area contributed by atoms with Crippen LogP contribution in [0.2, 0.25) is 10.0 Å². The van der Waals surface area contributed by atoms with Crippen LogP contribution >= 0.6 is 23.2 Å². The summed E-state index contributed by atoms with van der Waals surface area (Å²) < 4.78 is 11.0. The van der Waals surface area contributed by atoms with Crippen molar-refractivity contribution in [2.75, 3.05) is 18.5 Å². The highest BCUT2D eigenvalue weighted by Crippen LogP contribution is 2.45. The van der Waals surface area contributed by atoms with Gasteiger partial charge in [0.2, 0.25) is 0 Å². The number of halogens is 2. The average Bonchev–Trinajstić information content (AvgIpc) is 2.29. The highest BCUT2D eigenvalue weighted by atomic mass is 35.5. The highest BCUT2D eigenvalue weighted by Gasteiger charge is 2.18. The zero-order chi connectivity index (χ0) is 13.7. The maximum Gasteiger partial charge on any atom is 0.164 e. The molecule has 0 fully saturated rings. The minimum absolute atomic E-state index is 0.259. The molecule has 0 aliphatic rings. The summed E-state index contributed by atoms with van der Waals surface area (Å²) >= 11 is 12.4. The summed E-state index contributed by atoms with van der Waals surface area (Å²) in [7, 11) is 0. The second-order valence-corrected chi connectivity index (χ2v) is 4.83. The van der Waals surface area contributed by atoms with Gasteiger partial charge in [0, 0.05) is 6.04 Å². The molecular weight excluding hydrogens is 273 g/mol. The third kappa shape index (κ3) is 3.59. The van der Waals surface area contributed by atoms with Crippen molar-refractivity contribution in [1.29, 1.82) is 0 Å². The minimum atomic E-state index is 0.259. The fourth-order valence-corrected chi connectivity index (χ4v) is 2.18. The number of anilines is 1. The zero-order valence-electron chi connectivity index (χ0n) is 11.1. The van der Waals surface area contributed by atoms with Gasteiger partial charge in [0.25, 0.3) is 0 Å². The third-order valence-electron chi connectivity index (χ3n) is 2.15. The summed E-state index contributed by atoms with van der Waals surface area (Å²) in [6.07, 6.45) is 0. The van der Waals surface area contributed by atoms with Crippen molar-refractivity contribution < 1.29 is 9.47 Å². The molecule has 0 amide bonds. The highest BCUT2D eigenvalue weighted by molar-refractivity contribution is 6.38. The van der Waals surface area contributed by atoms with Crippen LogP contribution in [0.15, 0.2) is 6.07 Å². The Bertz CT molecular complexity index is 408. The van der Waals surface area contributed by atoms with Gasteiger partial charge in [-0.3, -0.25) is 0 Å². The fourth-order valence-electron chi connectivity index (χ4n) is 1.56. The van der Waals surface area contributed by atoms with E-state index in [-0.39, 0.29) is 6.04 Å². The first kappa shape index (κ1) is 15.3. The van der Waals surface area contributed by atoms with Gasteiger partial charge in [-0.15, -0.1) is 0 Å². The van der Waals surface area contributed by atoms with E-state index in [0.29, 0.717) is 34.8 Å². The molecule has 0 bridgehead atoms. The molecule has 102 valence electrons. The van der Waals surface area contributed by atoms with Crippen LogP contribution < -0.4 is 14.8 Å². The molecule has 0 unspecified atom stereocenters. The van der Waals surface area contributed by atoms with Crippen LogP contribution in [-0.2, 0) is 0 Å². The summed E-state index contributed by atoms with van der Waals surface area (Å²) in [4.78, 5) is 0. The molecule has 0 saturated heterocycles. The Morgan fingerprint density at radius 3 is 2.17 bits per heavy atom. The van der Waals surface area contributed by atoms with Gasteiger partial charge < -0.3 is 14.8 Å². The zero-order valence-corrected chi connectivity index (χ0v) is 12.7. The van der Waals surface area contributed by atoms with Crippen LogP contribution in [0.3, 0.4) is 0 Å². The van der Waals surface area contributed by atoms with Crippen molar-refractivity contribution in [1.82, 2.24) is 0 Å². The molecule has 0 aromatic heterocycles.